The van der Waals surface area contributed by atoms with E-state index in [9.17, 15) is 0 Å². The van der Waals surface area contributed by atoms with Crippen molar-refractivity contribution in [1.29, 1.82) is 0 Å². The first-order valence-electron chi connectivity index (χ1n) is 17.1. The number of nitrogens with one attached hydrogen (secondary N) is 1. The molecule has 0 unspecified atom stereocenters. The maximum Gasteiger partial charge on any atom is 0.137 e. The van der Waals surface area contributed by atoms with Crippen LogP contribution in [0.1, 0.15) is 22.3 Å². The highest BCUT2D eigenvalue weighted by atomic mass is 15.1. The van der Waals surface area contributed by atoms with Crippen molar-refractivity contribution < 1.29 is 0 Å². The minimum absolute atomic E-state index is 0.975. The Balaban J connectivity index is 1.19. The average Bonchev–Trinajstić information content (AvgIpc) is 3.69. The molecule has 0 saturated carbocycles. The molecule has 2 aliphatic rings. The van der Waals surface area contributed by atoms with Crippen LogP contribution in [0.4, 0.5) is 0 Å². The normalized spacial score (nSPS) is 13.5. The number of aromatic nitrogens is 3. The highest BCUT2D eigenvalue weighted by Crippen LogP contribution is 2.50. The summed E-state index contributed by atoms with van der Waals surface area (Å²) in [7, 11) is 0. The van der Waals surface area contributed by atoms with Crippen molar-refractivity contribution in [2.75, 3.05) is 0 Å². The third-order valence-corrected chi connectivity index (χ3v) is 10.9. The van der Waals surface area contributed by atoms with Gasteiger partial charge in [0.1, 0.15) is 5.82 Å². The van der Waals surface area contributed by atoms with Gasteiger partial charge >= 0.3 is 0 Å². The van der Waals surface area contributed by atoms with Crippen LogP contribution in [0.25, 0.3) is 82.8 Å². The molecule has 0 amide bonds. The van der Waals surface area contributed by atoms with Gasteiger partial charge in [0.25, 0.3) is 0 Å². The Hall–Kier alpha value is -5.93. The minimum Gasteiger partial charge on any atom is -0.354 e. The van der Waals surface area contributed by atoms with Gasteiger partial charge in [-0.2, -0.15) is 0 Å². The number of fused-ring (bicyclic) bond motifs is 8. The fourth-order valence-electron chi connectivity index (χ4n) is 8.86. The molecule has 3 nitrogen and oxygen atoms in total. The first-order chi connectivity index (χ1) is 23.8. The molecule has 3 heteroatoms. The Bertz CT molecular complexity index is 2750. The molecule has 0 fully saturated rings. The first kappa shape index (κ1) is 26.2. The zero-order chi connectivity index (χ0) is 31.3. The van der Waals surface area contributed by atoms with E-state index in [0.717, 1.165) is 31.5 Å². The number of hydrogen-bond acceptors (Lipinski definition) is 1. The number of aryl methyl sites for hydroxylation is 4. The van der Waals surface area contributed by atoms with Crippen LogP contribution in [0.2, 0.25) is 0 Å². The molecule has 226 valence electrons. The summed E-state index contributed by atoms with van der Waals surface area (Å²) in [6.07, 6.45) is 6.06. The Morgan fingerprint density at radius 2 is 1.15 bits per heavy atom. The van der Waals surface area contributed by atoms with Crippen molar-refractivity contribution in [1.82, 2.24) is 14.5 Å². The van der Waals surface area contributed by atoms with Crippen LogP contribution in [0.5, 0.6) is 0 Å². The molecular formula is C45H31N3. The molecule has 0 atom stereocenters. The molecule has 3 aromatic heterocycles. The number of benzene rings is 6. The Kier molecular flexibility index (Phi) is 5.34. The third-order valence-electron chi connectivity index (χ3n) is 10.9. The van der Waals surface area contributed by atoms with Gasteiger partial charge in [-0.3, -0.25) is 4.57 Å². The van der Waals surface area contributed by atoms with E-state index in [1.165, 1.54) is 99.2 Å². The SMILES string of the molecule is c1ccc(-c2ccc3[nH]c4c5c6c(cc4c3c2)CCc2cc3c4cc(-c7ccccc7)ccc4n(-c4ccccn4)c3c(c2-6)CC5)cc1. The summed E-state index contributed by atoms with van der Waals surface area (Å²) in [6, 6.07) is 46.6. The number of pyridine rings is 1. The molecule has 0 spiro atoms. The number of rotatable bonds is 3. The maximum absolute atomic E-state index is 4.90. The fourth-order valence-corrected chi connectivity index (χ4v) is 8.86. The lowest BCUT2D eigenvalue weighted by molar-refractivity contribution is 0.884. The van der Waals surface area contributed by atoms with Gasteiger partial charge in [0, 0.05) is 33.3 Å². The Labute approximate surface area is 278 Å². The van der Waals surface area contributed by atoms with Gasteiger partial charge in [-0.1, -0.05) is 78.9 Å². The molecule has 11 rings (SSSR count). The van der Waals surface area contributed by atoms with E-state index < -0.39 is 0 Å². The van der Waals surface area contributed by atoms with Crippen molar-refractivity contribution in [2.24, 2.45) is 0 Å². The summed E-state index contributed by atoms with van der Waals surface area (Å²) in [5, 5.41) is 5.32. The van der Waals surface area contributed by atoms with Crippen molar-refractivity contribution >= 4 is 43.6 Å². The van der Waals surface area contributed by atoms with Crippen LogP contribution in [0, 0.1) is 0 Å². The average molecular weight is 614 g/mol. The van der Waals surface area contributed by atoms with E-state index in [1.807, 2.05) is 12.3 Å². The molecule has 6 aromatic carbocycles. The lowest BCUT2D eigenvalue weighted by Gasteiger charge is -2.31. The summed E-state index contributed by atoms with van der Waals surface area (Å²) in [6.45, 7) is 0. The molecule has 0 bridgehead atoms. The molecule has 0 radical (unpaired) electrons. The summed E-state index contributed by atoms with van der Waals surface area (Å²) in [4.78, 5) is 8.79. The molecule has 2 aliphatic carbocycles. The standard InChI is InChI=1S/C45H31N3/c1-3-9-27(10-4-1)29-16-20-39-35(23-29)37-25-31-14-15-32-26-38-36-24-30(28-11-5-2-6-12-28)17-21-40(36)48(41-13-7-8-22-46-41)45(38)34-19-18-33(44(37)47-39)42(31)43(32)34/h1-13,16-17,20-26,47H,14-15,18-19H2. The van der Waals surface area contributed by atoms with Gasteiger partial charge in [0.2, 0.25) is 0 Å². The zero-order valence-electron chi connectivity index (χ0n) is 26.4. The molecular weight excluding hydrogens is 583 g/mol. The molecule has 0 aliphatic heterocycles. The highest BCUT2D eigenvalue weighted by Gasteiger charge is 2.32. The number of aromatic amines is 1. The van der Waals surface area contributed by atoms with Crippen LogP contribution in [-0.2, 0) is 25.7 Å². The summed E-state index contributed by atoms with van der Waals surface area (Å²) >= 11 is 0. The van der Waals surface area contributed by atoms with Gasteiger partial charge < -0.3 is 4.98 Å². The van der Waals surface area contributed by atoms with Crippen LogP contribution in [0.3, 0.4) is 0 Å². The second-order valence-electron chi connectivity index (χ2n) is 13.5. The highest BCUT2D eigenvalue weighted by molar-refractivity contribution is 6.16. The van der Waals surface area contributed by atoms with E-state index in [4.69, 9.17) is 4.98 Å². The van der Waals surface area contributed by atoms with Crippen molar-refractivity contribution in [3.05, 3.63) is 156 Å². The lowest BCUT2D eigenvalue weighted by Crippen LogP contribution is -2.15. The van der Waals surface area contributed by atoms with Crippen LogP contribution in [0.15, 0.2) is 134 Å². The van der Waals surface area contributed by atoms with E-state index in [2.05, 4.69) is 131 Å². The Morgan fingerprint density at radius 3 is 1.88 bits per heavy atom. The summed E-state index contributed by atoms with van der Waals surface area (Å²) < 4.78 is 2.43. The van der Waals surface area contributed by atoms with Crippen LogP contribution < -0.4 is 0 Å². The monoisotopic (exact) mass is 613 g/mol. The maximum atomic E-state index is 4.90. The second-order valence-corrected chi connectivity index (χ2v) is 13.5. The third kappa shape index (κ3) is 3.62. The van der Waals surface area contributed by atoms with Gasteiger partial charge in [-0.15, -0.1) is 0 Å². The van der Waals surface area contributed by atoms with Gasteiger partial charge in [-0.25, -0.2) is 4.98 Å². The van der Waals surface area contributed by atoms with Crippen molar-refractivity contribution in [3.63, 3.8) is 0 Å². The summed E-state index contributed by atoms with van der Waals surface area (Å²) in [5.41, 5.74) is 19.0. The predicted octanol–water partition coefficient (Wildman–Crippen LogP) is 11.0. The van der Waals surface area contributed by atoms with Gasteiger partial charge in [0.05, 0.1) is 16.6 Å². The number of nitrogens with zero attached hydrogens (tertiary/aromatic N) is 2. The lowest BCUT2D eigenvalue weighted by atomic mass is 9.74. The van der Waals surface area contributed by atoms with E-state index in [-0.39, 0.29) is 0 Å². The van der Waals surface area contributed by atoms with Crippen molar-refractivity contribution in [3.8, 4) is 39.2 Å². The van der Waals surface area contributed by atoms with E-state index in [1.54, 1.807) is 0 Å². The van der Waals surface area contributed by atoms with E-state index >= 15 is 0 Å². The largest absolute Gasteiger partial charge is 0.354 e. The molecule has 48 heavy (non-hydrogen) atoms. The number of hydrogen-bond donors (Lipinski definition) is 1. The van der Waals surface area contributed by atoms with Gasteiger partial charge in [0.15, 0.2) is 0 Å². The van der Waals surface area contributed by atoms with Crippen LogP contribution in [-0.4, -0.2) is 14.5 Å². The summed E-state index contributed by atoms with van der Waals surface area (Å²) in [5.74, 6) is 0.975. The smallest absolute Gasteiger partial charge is 0.137 e. The molecule has 0 saturated heterocycles. The topological polar surface area (TPSA) is 33.6 Å². The van der Waals surface area contributed by atoms with Gasteiger partial charge in [-0.05, 0) is 130 Å². The van der Waals surface area contributed by atoms with Crippen molar-refractivity contribution in [2.45, 2.75) is 25.7 Å². The quantitative estimate of drug-likeness (QED) is 0.211. The second kappa shape index (κ2) is 9.79. The minimum atomic E-state index is 0.975. The molecule has 1 N–H and O–H groups in total. The molecule has 3 heterocycles. The molecule has 9 aromatic rings. The zero-order valence-corrected chi connectivity index (χ0v) is 26.4. The van der Waals surface area contributed by atoms with E-state index in [0.29, 0.717) is 0 Å². The predicted molar refractivity (Wildman–Crippen MR) is 199 cm³/mol. The first-order valence-corrected chi connectivity index (χ1v) is 17.1. The Morgan fingerprint density at radius 1 is 0.500 bits per heavy atom. The van der Waals surface area contributed by atoms with Crippen LogP contribution >= 0.6 is 0 Å². The number of H-pyrrole nitrogens is 1. The fraction of sp³-hybridized carbons (Fsp3) is 0.0889.